The van der Waals surface area contributed by atoms with E-state index in [1.54, 1.807) is 33.7 Å². The van der Waals surface area contributed by atoms with Crippen molar-refractivity contribution in [2.45, 2.75) is 20.0 Å². The Balaban J connectivity index is 1.70. The lowest BCUT2D eigenvalue weighted by Crippen LogP contribution is -2.27. The summed E-state index contributed by atoms with van der Waals surface area (Å²) in [5.74, 6) is -0.191. The summed E-state index contributed by atoms with van der Waals surface area (Å²) in [5.41, 5.74) is 2.28. The van der Waals surface area contributed by atoms with Crippen molar-refractivity contribution in [2.24, 2.45) is 0 Å². The van der Waals surface area contributed by atoms with Gasteiger partial charge in [-0.2, -0.15) is 10.2 Å². The molecule has 0 spiro atoms. The number of hydrogen-bond donors (Lipinski definition) is 0. The minimum Gasteiger partial charge on any atom is -0.336 e. The molecule has 1 aromatic carbocycles. The van der Waals surface area contributed by atoms with E-state index in [4.69, 9.17) is 11.6 Å². The Morgan fingerprint density at radius 3 is 2.62 bits per heavy atom. The van der Waals surface area contributed by atoms with Gasteiger partial charge in [-0.15, -0.1) is 0 Å². The van der Waals surface area contributed by atoms with Crippen LogP contribution in [0.4, 0.5) is 0 Å². The summed E-state index contributed by atoms with van der Waals surface area (Å²) in [6, 6.07) is 9.78. The van der Waals surface area contributed by atoms with Gasteiger partial charge in [0, 0.05) is 38.7 Å². The Morgan fingerprint density at radius 1 is 1.29 bits per heavy atom. The Morgan fingerprint density at radius 2 is 2.04 bits per heavy atom. The van der Waals surface area contributed by atoms with Crippen LogP contribution in [0, 0.1) is 0 Å². The molecule has 0 saturated carbocycles. The molecule has 2 heterocycles. The molecule has 0 bridgehead atoms. The molecular weight excluding hydrogens is 326 g/mol. The molecule has 3 rings (SSSR count). The summed E-state index contributed by atoms with van der Waals surface area (Å²) in [4.78, 5) is 14.1. The van der Waals surface area contributed by atoms with Gasteiger partial charge >= 0.3 is 0 Å². The molecule has 124 valence electrons. The van der Waals surface area contributed by atoms with E-state index in [2.05, 4.69) is 10.2 Å². The van der Waals surface area contributed by atoms with E-state index in [9.17, 15) is 4.79 Å². The molecule has 0 aliphatic carbocycles. The SMILES string of the molecule is CCn1cc(Cl)c(C(=O)N(C)Cc2ccc(-n3cccn3)cc2)n1. The second kappa shape index (κ2) is 6.88. The summed E-state index contributed by atoms with van der Waals surface area (Å²) in [6.07, 6.45) is 5.29. The van der Waals surface area contributed by atoms with Gasteiger partial charge in [0.1, 0.15) is 0 Å². The van der Waals surface area contributed by atoms with E-state index in [0.29, 0.717) is 18.1 Å². The normalized spacial score (nSPS) is 10.8. The van der Waals surface area contributed by atoms with Gasteiger partial charge in [0.2, 0.25) is 0 Å². The highest BCUT2D eigenvalue weighted by Crippen LogP contribution is 2.17. The van der Waals surface area contributed by atoms with Gasteiger partial charge in [-0.3, -0.25) is 9.48 Å². The number of carbonyl (C=O) groups excluding carboxylic acids is 1. The molecule has 0 aliphatic heterocycles. The zero-order valence-corrected chi connectivity index (χ0v) is 14.3. The first kappa shape index (κ1) is 16.3. The average Bonchev–Trinajstić information content (AvgIpc) is 3.24. The van der Waals surface area contributed by atoms with Gasteiger partial charge in [-0.05, 0) is 30.7 Å². The molecule has 0 aliphatic rings. The molecular formula is C17H18ClN5O. The molecule has 0 saturated heterocycles. The lowest BCUT2D eigenvalue weighted by Gasteiger charge is -2.16. The summed E-state index contributed by atoms with van der Waals surface area (Å²) >= 11 is 6.10. The molecule has 0 fully saturated rings. The third-order valence-electron chi connectivity index (χ3n) is 3.72. The molecule has 6 nitrogen and oxygen atoms in total. The number of hydrogen-bond acceptors (Lipinski definition) is 3. The maximum atomic E-state index is 12.5. The van der Waals surface area contributed by atoms with E-state index >= 15 is 0 Å². The number of carbonyl (C=O) groups is 1. The minimum atomic E-state index is -0.191. The van der Waals surface area contributed by atoms with Crippen LogP contribution >= 0.6 is 11.6 Å². The summed E-state index contributed by atoms with van der Waals surface area (Å²) in [7, 11) is 1.74. The first-order chi connectivity index (χ1) is 11.6. The Hall–Kier alpha value is -2.60. The standard InChI is InChI=1S/C17H18ClN5O/c1-3-22-12-15(18)16(20-22)17(24)21(2)11-13-5-7-14(8-6-13)23-10-4-9-19-23/h4-10,12H,3,11H2,1-2H3. The predicted molar refractivity (Wildman–Crippen MR) is 92.3 cm³/mol. The number of aryl methyl sites for hydroxylation is 1. The number of rotatable bonds is 5. The van der Waals surface area contributed by atoms with Crippen LogP contribution < -0.4 is 0 Å². The smallest absolute Gasteiger partial charge is 0.275 e. The van der Waals surface area contributed by atoms with Crippen molar-refractivity contribution < 1.29 is 4.79 Å². The van der Waals surface area contributed by atoms with Crippen LogP contribution in [-0.4, -0.2) is 37.4 Å². The summed E-state index contributed by atoms with van der Waals surface area (Å²) in [6.45, 7) is 3.10. The number of amides is 1. The second-order valence-electron chi connectivity index (χ2n) is 5.46. The van der Waals surface area contributed by atoms with Crippen molar-refractivity contribution in [3.8, 4) is 5.69 Å². The zero-order chi connectivity index (χ0) is 17.1. The second-order valence-corrected chi connectivity index (χ2v) is 5.87. The molecule has 0 radical (unpaired) electrons. The van der Waals surface area contributed by atoms with Gasteiger partial charge in [0.15, 0.2) is 5.69 Å². The fourth-order valence-electron chi connectivity index (χ4n) is 2.41. The van der Waals surface area contributed by atoms with Crippen molar-refractivity contribution >= 4 is 17.5 Å². The van der Waals surface area contributed by atoms with Crippen LogP contribution in [-0.2, 0) is 13.1 Å². The zero-order valence-electron chi connectivity index (χ0n) is 13.6. The molecule has 3 aromatic rings. The minimum absolute atomic E-state index is 0.191. The third-order valence-corrected chi connectivity index (χ3v) is 3.99. The number of aromatic nitrogens is 4. The molecule has 2 aromatic heterocycles. The highest BCUT2D eigenvalue weighted by molar-refractivity contribution is 6.33. The van der Waals surface area contributed by atoms with Crippen molar-refractivity contribution in [2.75, 3.05) is 7.05 Å². The van der Waals surface area contributed by atoms with E-state index in [0.717, 1.165) is 11.3 Å². The predicted octanol–water partition coefficient (Wildman–Crippen LogP) is 3.01. The number of nitrogens with zero attached hydrogens (tertiary/aromatic N) is 5. The van der Waals surface area contributed by atoms with Gasteiger partial charge in [0.05, 0.1) is 10.7 Å². The van der Waals surface area contributed by atoms with E-state index in [-0.39, 0.29) is 11.6 Å². The van der Waals surface area contributed by atoms with Crippen molar-refractivity contribution in [1.82, 2.24) is 24.5 Å². The number of halogens is 1. The Labute approximate surface area is 145 Å². The fourth-order valence-corrected chi connectivity index (χ4v) is 2.64. The highest BCUT2D eigenvalue weighted by atomic mass is 35.5. The van der Waals surface area contributed by atoms with Crippen molar-refractivity contribution in [1.29, 1.82) is 0 Å². The van der Waals surface area contributed by atoms with Gasteiger partial charge in [0.25, 0.3) is 5.91 Å². The molecule has 1 amide bonds. The monoisotopic (exact) mass is 343 g/mol. The lowest BCUT2D eigenvalue weighted by atomic mass is 10.2. The molecule has 7 heteroatoms. The molecule has 0 atom stereocenters. The molecule has 0 N–H and O–H groups in total. The topological polar surface area (TPSA) is 56.0 Å². The first-order valence-corrected chi connectivity index (χ1v) is 8.03. The molecule has 24 heavy (non-hydrogen) atoms. The van der Waals surface area contributed by atoms with E-state index < -0.39 is 0 Å². The Bertz CT molecular complexity index is 823. The van der Waals surface area contributed by atoms with Crippen LogP contribution in [0.15, 0.2) is 48.9 Å². The maximum Gasteiger partial charge on any atom is 0.275 e. The van der Waals surface area contributed by atoms with Crippen LogP contribution in [0.5, 0.6) is 0 Å². The quantitative estimate of drug-likeness (QED) is 0.715. The highest BCUT2D eigenvalue weighted by Gasteiger charge is 2.19. The third kappa shape index (κ3) is 3.33. The lowest BCUT2D eigenvalue weighted by molar-refractivity contribution is 0.0778. The van der Waals surface area contributed by atoms with E-state index in [1.807, 2.05) is 43.5 Å². The van der Waals surface area contributed by atoms with Crippen LogP contribution in [0.3, 0.4) is 0 Å². The fraction of sp³-hybridized carbons (Fsp3) is 0.235. The van der Waals surface area contributed by atoms with Crippen LogP contribution in [0.25, 0.3) is 5.69 Å². The van der Waals surface area contributed by atoms with E-state index in [1.165, 1.54) is 0 Å². The van der Waals surface area contributed by atoms with Gasteiger partial charge in [-0.25, -0.2) is 4.68 Å². The maximum absolute atomic E-state index is 12.5. The van der Waals surface area contributed by atoms with Gasteiger partial charge in [-0.1, -0.05) is 23.7 Å². The van der Waals surface area contributed by atoms with Gasteiger partial charge < -0.3 is 4.90 Å². The molecule has 0 unspecified atom stereocenters. The largest absolute Gasteiger partial charge is 0.336 e. The first-order valence-electron chi connectivity index (χ1n) is 7.66. The summed E-state index contributed by atoms with van der Waals surface area (Å²) in [5, 5.41) is 8.79. The van der Waals surface area contributed by atoms with Crippen molar-refractivity contribution in [3.05, 3.63) is 65.2 Å². The van der Waals surface area contributed by atoms with Crippen LogP contribution in [0.2, 0.25) is 5.02 Å². The van der Waals surface area contributed by atoms with Crippen molar-refractivity contribution in [3.63, 3.8) is 0 Å². The summed E-state index contributed by atoms with van der Waals surface area (Å²) < 4.78 is 3.44. The number of benzene rings is 1. The Kier molecular flexibility index (Phi) is 4.66. The van der Waals surface area contributed by atoms with Crippen LogP contribution in [0.1, 0.15) is 23.0 Å². The average molecular weight is 344 g/mol.